The fourth-order valence-electron chi connectivity index (χ4n) is 2.49. The smallest absolute Gasteiger partial charge is 0.0798 e. The van der Waals surface area contributed by atoms with Gasteiger partial charge in [0, 0.05) is 0 Å². The molecule has 0 aliphatic heterocycles. The van der Waals surface area contributed by atoms with Crippen LogP contribution >= 0.6 is 27.3 Å². The zero-order chi connectivity index (χ0) is 14.6. The van der Waals surface area contributed by atoms with Gasteiger partial charge in [0.25, 0.3) is 0 Å². The normalized spacial score (nSPS) is 12.8. The molecular weight excluding hydrogens is 332 g/mol. The second-order valence-electron chi connectivity index (χ2n) is 5.67. The third-order valence-electron chi connectivity index (χ3n) is 3.80. The molecule has 1 heterocycles. The number of hydrogen-bond donors (Lipinski definition) is 1. The second kappa shape index (κ2) is 11.8. The van der Waals surface area contributed by atoms with E-state index in [0.29, 0.717) is 0 Å². The summed E-state index contributed by atoms with van der Waals surface area (Å²) in [5.41, 5.74) is 1.07. The van der Waals surface area contributed by atoms with E-state index in [4.69, 9.17) is 0 Å². The highest BCUT2D eigenvalue weighted by molar-refractivity contribution is 9.11. The Kier molecular flexibility index (Phi) is 10.7. The SMILES string of the molecule is CCCCCCCCCCCCC(O)c1csc(Br)c1. The summed E-state index contributed by atoms with van der Waals surface area (Å²) in [6, 6.07) is 2.03. The highest BCUT2D eigenvalue weighted by Crippen LogP contribution is 2.28. The fraction of sp³-hybridized carbons (Fsp3) is 0.765. The molecule has 1 rings (SSSR count). The van der Waals surface area contributed by atoms with Crippen LogP contribution in [0.3, 0.4) is 0 Å². The lowest BCUT2D eigenvalue weighted by atomic mass is 10.0. The molecule has 0 saturated carbocycles. The molecule has 0 spiro atoms. The van der Waals surface area contributed by atoms with Gasteiger partial charge in [-0.1, -0.05) is 71.1 Å². The Hall–Kier alpha value is 0.140. The Morgan fingerprint density at radius 3 is 2.05 bits per heavy atom. The van der Waals surface area contributed by atoms with Crippen LogP contribution in [0.5, 0.6) is 0 Å². The summed E-state index contributed by atoms with van der Waals surface area (Å²) in [5, 5.41) is 12.1. The molecule has 0 bridgehead atoms. The van der Waals surface area contributed by atoms with Crippen molar-refractivity contribution in [3.63, 3.8) is 0 Å². The van der Waals surface area contributed by atoms with E-state index in [2.05, 4.69) is 22.9 Å². The van der Waals surface area contributed by atoms with E-state index in [1.807, 2.05) is 11.4 Å². The van der Waals surface area contributed by atoms with Crippen molar-refractivity contribution in [2.45, 2.75) is 83.7 Å². The van der Waals surface area contributed by atoms with Gasteiger partial charge in [0.2, 0.25) is 0 Å². The largest absolute Gasteiger partial charge is 0.388 e. The summed E-state index contributed by atoms with van der Waals surface area (Å²) in [6.07, 6.45) is 14.1. The van der Waals surface area contributed by atoms with Crippen molar-refractivity contribution < 1.29 is 5.11 Å². The van der Waals surface area contributed by atoms with Crippen LogP contribution < -0.4 is 0 Å². The highest BCUT2D eigenvalue weighted by Gasteiger charge is 2.08. The summed E-state index contributed by atoms with van der Waals surface area (Å²) in [6.45, 7) is 2.27. The van der Waals surface area contributed by atoms with Gasteiger partial charge in [0.1, 0.15) is 0 Å². The third-order valence-corrected chi connectivity index (χ3v) is 5.33. The Morgan fingerprint density at radius 1 is 1.00 bits per heavy atom. The van der Waals surface area contributed by atoms with Crippen LogP contribution in [0.15, 0.2) is 15.2 Å². The average Bonchev–Trinajstić information content (AvgIpc) is 2.87. The summed E-state index contributed by atoms with van der Waals surface area (Å²) < 4.78 is 1.11. The molecule has 1 aromatic heterocycles. The Balaban J connectivity index is 1.89. The van der Waals surface area contributed by atoms with E-state index < -0.39 is 0 Å². The van der Waals surface area contributed by atoms with Crippen molar-refractivity contribution in [1.82, 2.24) is 0 Å². The molecule has 3 heteroatoms. The van der Waals surface area contributed by atoms with E-state index in [9.17, 15) is 5.11 Å². The quantitative estimate of drug-likeness (QED) is 0.403. The Labute approximate surface area is 136 Å². The van der Waals surface area contributed by atoms with Gasteiger partial charge in [-0.2, -0.15) is 0 Å². The number of thiophene rings is 1. The van der Waals surface area contributed by atoms with E-state index in [1.165, 1.54) is 57.8 Å². The molecule has 0 aromatic carbocycles. The monoisotopic (exact) mass is 360 g/mol. The minimum atomic E-state index is -0.272. The number of rotatable bonds is 12. The van der Waals surface area contributed by atoms with Gasteiger partial charge in [0.05, 0.1) is 9.89 Å². The summed E-state index contributed by atoms with van der Waals surface area (Å²) >= 11 is 5.09. The summed E-state index contributed by atoms with van der Waals surface area (Å²) in [7, 11) is 0. The van der Waals surface area contributed by atoms with Gasteiger partial charge in [-0.3, -0.25) is 0 Å². The van der Waals surface area contributed by atoms with Gasteiger partial charge in [0.15, 0.2) is 0 Å². The summed E-state index contributed by atoms with van der Waals surface area (Å²) in [4.78, 5) is 0. The van der Waals surface area contributed by atoms with Crippen molar-refractivity contribution >= 4 is 27.3 Å². The molecule has 1 atom stereocenters. The molecular formula is C17H29BrOS. The molecule has 20 heavy (non-hydrogen) atoms. The van der Waals surface area contributed by atoms with Crippen molar-refractivity contribution in [2.75, 3.05) is 0 Å². The first-order valence-corrected chi connectivity index (χ1v) is 9.83. The first-order valence-electron chi connectivity index (χ1n) is 8.16. The highest BCUT2D eigenvalue weighted by atomic mass is 79.9. The van der Waals surface area contributed by atoms with Gasteiger partial charge < -0.3 is 5.11 Å². The van der Waals surface area contributed by atoms with E-state index >= 15 is 0 Å². The zero-order valence-corrected chi connectivity index (χ0v) is 15.1. The van der Waals surface area contributed by atoms with E-state index in [0.717, 1.165) is 22.2 Å². The van der Waals surface area contributed by atoms with Gasteiger partial charge in [-0.15, -0.1) is 11.3 Å². The molecule has 1 unspecified atom stereocenters. The predicted octanol–water partition coefficient (Wildman–Crippen LogP) is 6.86. The second-order valence-corrected chi connectivity index (χ2v) is 7.96. The molecule has 0 aliphatic rings. The van der Waals surface area contributed by atoms with Crippen molar-refractivity contribution in [3.8, 4) is 0 Å². The number of aliphatic hydroxyl groups excluding tert-OH is 1. The number of hydrogen-bond acceptors (Lipinski definition) is 2. The van der Waals surface area contributed by atoms with E-state index in [1.54, 1.807) is 11.3 Å². The lowest BCUT2D eigenvalue weighted by Crippen LogP contribution is -1.95. The number of halogens is 1. The van der Waals surface area contributed by atoms with Crippen LogP contribution in [0, 0.1) is 0 Å². The minimum Gasteiger partial charge on any atom is -0.388 e. The van der Waals surface area contributed by atoms with Crippen LogP contribution in [0.4, 0.5) is 0 Å². The maximum atomic E-state index is 10.0. The molecule has 0 amide bonds. The molecule has 116 valence electrons. The first-order chi connectivity index (χ1) is 9.74. The zero-order valence-electron chi connectivity index (χ0n) is 12.7. The maximum Gasteiger partial charge on any atom is 0.0798 e. The summed E-state index contributed by atoms with van der Waals surface area (Å²) in [5.74, 6) is 0. The Morgan fingerprint density at radius 2 is 1.55 bits per heavy atom. The van der Waals surface area contributed by atoms with Crippen molar-refractivity contribution in [2.24, 2.45) is 0 Å². The first kappa shape index (κ1) is 18.2. The van der Waals surface area contributed by atoms with Crippen LogP contribution in [-0.2, 0) is 0 Å². The topological polar surface area (TPSA) is 20.2 Å². The van der Waals surface area contributed by atoms with Gasteiger partial charge in [-0.25, -0.2) is 0 Å². The molecule has 1 N–H and O–H groups in total. The van der Waals surface area contributed by atoms with Crippen LogP contribution in [0.1, 0.15) is 89.2 Å². The van der Waals surface area contributed by atoms with Crippen LogP contribution in [0.2, 0.25) is 0 Å². The number of unbranched alkanes of at least 4 members (excludes halogenated alkanes) is 9. The Bertz CT molecular complexity index is 337. The third kappa shape index (κ3) is 8.43. The van der Waals surface area contributed by atoms with Crippen molar-refractivity contribution in [1.29, 1.82) is 0 Å². The molecule has 0 saturated heterocycles. The molecule has 0 radical (unpaired) electrons. The minimum absolute atomic E-state index is 0.272. The van der Waals surface area contributed by atoms with Gasteiger partial charge in [-0.05, 0) is 39.4 Å². The maximum absolute atomic E-state index is 10.0. The predicted molar refractivity (Wildman–Crippen MR) is 93.4 cm³/mol. The molecule has 1 aromatic rings. The van der Waals surface area contributed by atoms with Crippen molar-refractivity contribution in [3.05, 3.63) is 20.8 Å². The van der Waals surface area contributed by atoms with Gasteiger partial charge >= 0.3 is 0 Å². The lowest BCUT2D eigenvalue weighted by molar-refractivity contribution is 0.163. The lowest BCUT2D eigenvalue weighted by Gasteiger charge is -2.08. The molecule has 0 aliphatic carbocycles. The van der Waals surface area contributed by atoms with Crippen LogP contribution in [-0.4, -0.2) is 5.11 Å². The van der Waals surface area contributed by atoms with E-state index in [-0.39, 0.29) is 6.10 Å². The van der Waals surface area contributed by atoms with Crippen LogP contribution in [0.25, 0.3) is 0 Å². The molecule has 0 fully saturated rings. The fourth-order valence-corrected chi connectivity index (χ4v) is 3.71. The standard InChI is InChI=1S/C17H29BrOS/c1-2-3-4-5-6-7-8-9-10-11-12-16(19)15-13-17(18)20-14-15/h13-14,16,19H,2-12H2,1H3. The molecule has 1 nitrogen and oxygen atoms in total. The average molecular weight is 361 g/mol. The number of aliphatic hydroxyl groups is 1.